The van der Waals surface area contributed by atoms with Crippen molar-refractivity contribution in [2.24, 2.45) is 5.92 Å². The third-order valence-corrected chi connectivity index (χ3v) is 5.78. The van der Waals surface area contributed by atoms with E-state index in [9.17, 15) is 4.79 Å². The lowest BCUT2D eigenvalue weighted by Crippen LogP contribution is -2.53. The SMILES string of the molecule is CC(NC(=O)CN1CCN2CCCC2C1)C1CCCCC1. The van der Waals surface area contributed by atoms with Crippen molar-refractivity contribution < 1.29 is 4.79 Å². The molecule has 4 heteroatoms. The van der Waals surface area contributed by atoms with E-state index in [1.807, 2.05) is 0 Å². The van der Waals surface area contributed by atoms with E-state index in [0.29, 0.717) is 24.5 Å². The topological polar surface area (TPSA) is 35.6 Å². The third-order valence-electron chi connectivity index (χ3n) is 5.78. The average molecular weight is 293 g/mol. The van der Waals surface area contributed by atoms with E-state index >= 15 is 0 Å². The van der Waals surface area contributed by atoms with Crippen molar-refractivity contribution >= 4 is 5.91 Å². The fraction of sp³-hybridized carbons (Fsp3) is 0.941. The van der Waals surface area contributed by atoms with E-state index in [4.69, 9.17) is 0 Å². The molecular formula is C17H31N3O. The maximum absolute atomic E-state index is 12.3. The average Bonchev–Trinajstić information content (AvgIpc) is 2.95. The van der Waals surface area contributed by atoms with Crippen LogP contribution in [0.5, 0.6) is 0 Å². The summed E-state index contributed by atoms with van der Waals surface area (Å²) in [6.07, 6.45) is 9.30. The van der Waals surface area contributed by atoms with Gasteiger partial charge in [0.15, 0.2) is 0 Å². The summed E-state index contributed by atoms with van der Waals surface area (Å²) in [5.74, 6) is 0.939. The van der Waals surface area contributed by atoms with Gasteiger partial charge in [-0.15, -0.1) is 0 Å². The summed E-state index contributed by atoms with van der Waals surface area (Å²) in [5.41, 5.74) is 0. The van der Waals surface area contributed by atoms with E-state index in [0.717, 1.165) is 19.6 Å². The van der Waals surface area contributed by atoms with Crippen LogP contribution in [-0.2, 0) is 4.79 Å². The van der Waals surface area contributed by atoms with E-state index in [-0.39, 0.29) is 5.91 Å². The fourth-order valence-corrected chi connectivity index (χ4v) is 4.45. The van der Waals surface area contributed by atoms with Crippen LogP contribution in [0.2, 0.25) is 0 Å². The molecule has 3 aliphatic rings. The van der Waals surface area contributed by atoms with Gasteiger partial charge in [0.25, 0.3) is 0 Å². The lowest BCUT2D eigenvalue weighted by molar-refractivity contribution is -0.123. The Kier molecular flexibility index (Phi) is 5.17. The summed E-state index contributed by atoms with van der Waals surface area (Å²) < 4.78 is 0. The summed E-state index contributed by atoms with van der Waals surface area (Å²) in [6.45, 7) is 7.36. The second-order valence-corrected chi connectivity index (χ2v) is 7.32. The van der Waals surface area contributed by atoms with Crippen molar-refractivity contribution in [1.29, 1.82) is 0 Å². The number of nitrogens with one attached hydrogen (secondary N) is 1. The van der Waals surface area contributed by atoms with Crippen molar-refractivity contribution in [2.75, 3.05) is 32.7 Å². The molecule has 2 unspecified atom stereocenters. The van der Waals surface area contributed by atoms with Gasteiger partial charge < -0.3 is 5.32 Å². The molecule has 1 saturated carbocycles. The first-order valence-electron chi connectivity index (χ1n) is 8.98. The van der Waals surface area contributed by atoms with Crippen LogP contribution < -0.4 is 5.32 Å². The highest BCUT2D eigenvalue weighted by Gasteiger charge is 2.31. The van der Waals surface area contributed by atoms with Gasteiger partial charge in [0, 0.05) is 31.7 Å². The van der Waals surface area contributed by atoms with Crippen molar-refractivity contribution in [3.8, 4) is 0 Å². The Hall–Kier alpha value is -0.610. The van der Waals surface area contributed by atoms with Crippen LogP contribution in [0.15, 0.2) is 0 Å². The molecule has 0 aromatic heterocycles. The number of hydrogen-bond acceptors (Lipinski definition) is 3. The Morgan fingerprint density at radius 2 is 1.90 bits per heavy atom. The maximum atomic E-state index is 12.3. The predicted octanol–water partition coefficient (Wildman–Crippen LogP) is 1.85. The molecule has 2 heterocycles. The number of carbonyl (C=O) groups is 1. The summed E-state index contributed by atoms with van der Waals surface area (Å²) >= 11 is 0. The third kappa shape index (κ3) is 3.98. The van der Waals surface area contributed by atoms with Gasteiger partial charge in [-0.3, -0.25) is 14.6 Å². The molecule has 2 atom stereocenters. The minimum absolute atomic E-state index is 0.236. The molecule has 21 heavy (non-hydrogen) atoms. The zero-order valence-electron chi connectivity index (χ0n) is 13.5. The largest absolute Gasteiger partial charge is 0.352 e. The molecular weight excluding hydrogens is 262 g/mol. The normalized spacial score (nSPS) is 30.0. The smallest absolute Gasteiger partial charge is 0.234 e. The standard InChI is InChI=1S/C17H31N3O/c1-14(15-6-3-2-4-7-15)18-17(21)13-19-10-11-20-9-5-8-16(20)12-19/h14-16H,2-13H2,1H3,(H,18,21). The van der Waals surface area contributed by atoms with Crippen LogP contribution in [0.3, 0.4) is 0 Å². The van der Waals surface area contributed by atoms with Crippen LogP contribution in [0, 0.1) is 5.92 Å². The second-order valence-electron chi connectivity index (χ2n) is 7.32. The van der Waals surface area contributed by atoms with Gasteiger partial charge in [0.1, 0.15) is 0 Å². The lowest BCUT2D eigenvalue weighted by atomic mass is 9.84. The van der Waals surface area contributed by atoms with Crippen LogP contribution in [0.25, 0.3) is 0 Å². The highest BCUT2D eigenvalue weighted by atomic mass is 16.2. The lowest BCUT2D eigenvalue weighted by Gasteiger charge is -2.37. The molecule has 2 aliphatic heterocycles. The van der Waals surface area contributed by atoms with Crippen molar-refractivity contribution in [3.05, 3.63) is 0 Å². The van der Waals surface area contributed by atoms with Gasteiger partial charge >= 0.3 is 0 Å². The predicted molar refractivity (Wildman–Crippen MR) is 85.2 cm³/mol. The first-order chi connectivity index (χ1) is 10.2. The zero-order valence-corrected chi connectivity index (χ0v) is 13.5. The number of hydrogen-bond donors (Lipinski definition) is 1. The second kappa shape index (κ2) is 7.10. The van der Waals surface area contributed by atoms with Crippen LogP contribution in [0.1, 0.15) is 51.9 Å². The highest BCUT2D eigenvalue weighted by Crippen LogP contribution is 2.26. The first-order valence-corrected chi connectivity index (χ1v) is 8.98. The number of rotatable bonds is 4. The summed E-state index contributed by atoms with van der Waals surface area (Å²) in [5, 5.41) is 3.26. The molecule has 0 bridgehead atoms. The minimum Gasteiger partial charge on any atom is -0.352 e. The highest BCUT2D eigenvalue weighted by molar-refractivity contribution is 5.78. The fourth-order valence-electron chi connectivity index (χ4n) is 4.45. The molecule has 0 aromatic carbocycles. The van der Waals surface area contributed by atoms with E-state index in [2.05, 4.69) is 22.0 Å². The molecule has 1 amide bonds. The van der Waals surface area contributed by atoms with Crippen molar-refractivity contribution in [3.63, 3.8) is 0 Å². The van der Waals surface area contributed by atoms with Crippen LogP contribution in [0.4, 0.5) is 0 Å². The molecule has 0 spiro atoms. The summed E-state index contributed by atoms with van der Waals surface area (Å²) in [7, 11) is 0. The molecule has 3 fully saturated rings. The van der Waals surface area contributed by atoms with Crippen molar-refractivity contribution in [2.45, 2.75) is 64.0 Å². The van der Waals surface area contributed by atoms with Gasteiger partial charge in [-0.1, -0.05) is 19.3 Å². The Morgan fingerprint density at radius 1 is 1.10 bits per heavy atom. The van der Waals surface area contributed by atoms with E-state index in [1.165, 1.54) is 51.5 Å². The Morgan fingerprint density at radius 3 is 2.71 bits per heavy atom. The molecule has 3 rings (SSSR count). The van der Waals surface area contributed by atoms with E-state index in [1.54, 1.807) is 0 Å². The van der Waals surface area contributed by atoms with Gasteiger partial charge in [-0.25, -0.2) is 0 Å². The zero-order chi connectivity index (χ0) is 14.7. The first kappa shape index (κ1) is 15.3. The minimum atomic E-state index is 0.236. The number of amides is 1. The Labute approximate surface area is 129 Å². The van der Waals surface area contributed by atoms with Gasteiger partial charge in [-0.05, 0) is 45.1 Å². The number of piperazine rings is 1. The van der Waals surface area contributed by atoms with Gasteiger partial charge in [0.05, 0.1) is 6.54 Å². The maximum Gasteiger partial charge on any atom is 0.234 e. The Balaban J connectivity index is 1.41. The number of carbonyl (C=O) groups excluding carboxylic acids is 1. The van der Waals surface area contributed by atoms with Crippen LogP contribution in [-0.4, -0.2) is 60.5 Å². The summed E-state index contributed by atoms with van der Waals surface area (Å²) in [6, 6.07) is 1.06. The molecule has 0 radical (unpaired) electrons. The number of nitrogens with zero attached hydrogens (tertiary/aromatic N) is 2. The van der Waals surface area contributed by atoms with Crippen molar-refractivity contribution in [1.82, 2.24) is 15.1 Å². The molecule has 1 aliphatic carbocycles. The number of fused-ring (bicyclic) bond motifs is 1. The molecule has 120 valence electrons. The molecule has 4 nitrogen and oxygen atoms in total. The van der Waals surface area contributed by atoms with Crippen LogP contribution >= 0.6 is 0 Å². The summed E-state index contributed by atoms with van der Waals surface area (Å²) in [4.78, 5) is 17.2. The van der Waals surface area contributed by atoms with Gasteiger partial charge in [-0.2, -0.15) is 0 Å². The molecule has 0 aromatic rings. The molecule has 1 N–H and O–H groups in total. The van der Waals surface area contributed by atoms with E-state index < -0.39 is 0 Å². The van der Waals surface area contributed by atoms with Gasteiger partial charge in [0.2, 0.25) is 5.91 Å². The quantitative estimate of drug-likeness (QED) is 0.859. The monoisotopic (exact) mass is 293 g/mol. The Bertz CT molecular complexity index is 354. The molecule has 2 saturated heterocycles.